The molecule has 0 unspecified atom stereocenters. The standard InChI is InChI=1S/C15H24O2/c1-9(2)8-11-13(15(11,5)6)12(10(3)4)14(16)17-7/h8,11,13H,1-7H3/t11-,13-/m0/s1. The van der Waals surface area contributed by atoms with Gasteiger partial charge in [0.2, 0.25) is 0 Å². The highest BCUT2D eigenvalue weighted by Crippen LogP contribution is 2.63. The summed E-state index contributed by atoms with van der Waals surface area (Å²) in [7, 11) is 1.45. The quantitative estimate of drug-likeness (QED) is 0.424. The minimum absolute atomic E-state index is 0.165. The summed E-state index contributed by atoms with van der Waals surface area (Å²) in [5, 5.41) is 0. The number of carbonyl (C=O) groups is 1. The van der Waals surface area contributed by atoms with Crippen molar-refractivity contribution in [1.29, 1.82) is 0 Å². The molecule has 0 aromatic carbocycles. The zero-order valence-corrected chi connectivity index (χ0v) is 12.0. The molecule has 1 rings (SSSR count). The van der Waals surface area contributed by atoms with Gasteiger partial charge in [-0.2, -0.15) is 0 Å². The third-order valence-corrected chi connectivity index (χ3v) is 3.68. The molecule has 0 bridgehead atoms. The summed E-state index contributed by atoms with van der Waals surface area (Å²) in [4.78, 5) is 11.9. The lowest BCUT2D eigenvalue weighted by Crippen LogP contribution is -2.11. The highest BCUT2D eigenvalue weighted by atomic mass is 16.5. The molecule has 0 aromatic rings. The Bertz CT molecular complexity index is 378. The minimum Gasteiger partial charge on any atom is -0.466 e. The van der Waals surface area contributed by atoms with Gasteiger partial charge in [0.15, 0.2) is 0 Å². The van der Waals surface area contributed by atoms with Gasteiger partial charge < -0.3 is 4.74 Å². The third-order valence-electron chi connectivity index (χ3n) is 3.68. The molecular formula is C15H24O2. The number of hydrogen-bond acceptors (Lipinski definition) is 2. The van der Waals surface area contributed by atoms with Gasteiger partial charge in [0, 0.05) is 11.5 Å². The molecule has 1 aliphatic rings. The number of hydrogen-bond donors (Lipinski definition) is 0. The Morgan fingerprint density at radius 2 is 1.71 bits per heavy atom. The maximum atomic E-state index is 11.9. The van der Waals surface area contributed by atoms with E-state index in [-0.39, 0.29) is 11.4 Å². The van der Waals surface area contributed by atoms with Crippen molar-refractivity contribution in [2.24, 2.45) is 17.3 Å². The Balaban J connectivity index is 3.06. The van der Waals surface area contributed by atoms with E-state index >= 15 is 0 Å². The summed E-state index contributed by atoms with van der Waals surface area (Å²) < 4.78 is 4.90. The van der Waals surface area contributed by atoms with Crippen molar-refractivity contribution in [3.05, 3.63) is 22.8 Å². The summed E-state index contributed by atoms with van der Waals surface area (Å²) in [5.74, 6) is 0.582. The first-order valence-corrected chi connectivity index (χ1v) is 6.14. The molecule has 0 aromatic heterocycles. The van der Waals surface area contributed by atoms with E-state index in [4.69, 9.17) is 4.74 Å². The average molecular weight is 236 g/mol. The fourth-order valence-corrected chi connectivity index (χ4v) is 2.65. The average Bonchev–Trinajstić information content (AvgIpc) is 2.68. The first kappa shape index (κ1) is 14.0. The van der Waals surface area contributed by atoms with E-state index < -0.39 is 0 Å². The van der Waals surface area contributed by atoms with E-state index in [1.165, 1.54) is 12.7 Å². The van der Waals surface area contributed by atoms with E-state index in [1.807, 2.05) is 13.8 Å². The summed E-state index contributed by atoms with van der Waals surface area (Å²) in [6.45, 7) is 12.6. The molecule has 2 heteroatoms. The highest BCUT2D eigenvalue weighted by molar-refractivity contribution is 5.91. The molecule has 0 radical (unpaired) electrons. The van der Waals surface area contributed by atoms with Crippen LogP contribution in [0.15, 0.2) is 22.8 Å². The second-order valence-corrected chi connectivity index (χ2v) is 5.97. The fourth-order valence-electron chi connectivity index (χ4n) is 2.65. The molecular weight excluding hydrogens is 212 g/mol. The minimum atomic E-state index is -0.173. The molecule has 1 fully saturated rings. The number of allylic oxidation sites excluding steroid dienone is 3. The van der Waals surface area contributed by atoms with E-state index in [0.29, 0.717) is 11.8 Å². The van der Waals surface area contributed by atoms with Crippen LogP contribution in [0.25, 0.3) is 0 Å². The molecule has 17 heavy (non-hydrogen) atoms. The lowest BCUT2D eigenvalue weighted by Gasteiger charge is -2.09. The molecule has 0 heterocycles. The molecule has 2 nitrogen and oxygen atoms in total. The Morgan fingerprint density at radius 1 is 1.18 bits per heavy atom. The first-order chi connectivity index (χ1) is 7.73. The van der Waals surface area contributed by atoms with E-state index in [0.717, 1.165) is 11.1 Å². The number of rotatable bonds is 3. The monoisotopic (exact) mass is 236 g/mol. The molecule has 0 N–H and O–H groups in total. The van der Waals surface area contributed by atoms with Crippen molar-refractivity contribution in [2.45, 2.75) is 41.5 Å². The molecule has 0 amide bonds. The lowest BCUT2D eigenvalue weighted by atomic mass is 9.99. The van der Waals surface area contributed by atoms with Gasteiger partial charge in [0.25, 0.3) is 0 Å². The Labute approximate surface area is 105 Å². The molecule has 96 valence electrons. The van der Waals surface area contributed by atoms with Crippen LogP contribution >= 0.6 is 0 Å². The van der Waals surface area contributed by atoms with Gasteiger partial charge in [-0.25, -0.2) is 4.79 Å². The van der Waals surface area contributed by atoms with Crippen LogP contribution in [0.3, 0.4) is 0 Å². The SMILES string of the molecule is COC(=O)C(=C(C)C)[C@@H]1[C@H](C=C(C)C)C1(C)C. The second-order valence-electron chi connectivity index (χ2n) is 5.97. The zero-order chi connectivity index (χ0) is 13.4. The fraction of sp³-hybridized carbons (Fsp3) is 0.667. The van der Waals surface area contributed by atoms with Gasteiger partial charge >= 0.3 is 5.97 Å². The van der Waals surface area contributed by atoms with Gasteiger partial charge in [-0.15, -0.1) is 0 Å². The normalized spacial score (nSPS) is 24.9. The van der Waals surface area contributed by atoms with Crippen molar-refractivity contribution >= 4 is 5.97 Å². The predicted octanol–water partition coefficient (Wildman–Crippen LogP) is 3.73. The van der Waals surface area contributed by atoms with E-state index in [1.54, 1.807) is 0 Å². The van der Waals surface area contributed by atoms with Gasteiger partial charge in [0.05, 0.1) is 7.11 Å². The summed E-state index contributed by atoms with van der Waals surface area (Å²) >= 11 is 0. The lowest BCUT2D eigenvalue weighted by molar-refractivity contribution is -0.136. The number of esters is 1. The van der Waals surface area contributed by atoms with Gasteiger partial charge in [-0.1, -0.05) is 31.1 Å². The Morgan fingerprint density at radius 3 is 2.06 bits per heavy atom. The molecule has 0 aliphatic heterocycles. The van der Waals surface area contributed by atoms with Gasteiger partial charge in [0.1, 0.15) is 0 Å². The predicted molar refractivity (Wildman–Crippen MR) is 70.6 cm³/mol. The first-order valence-electron chi connectivity index (χ1n) is 6.14. The summed E-state index contributed by atoms with van der Waals surface area (Å²) in [5.41, 5.74) is 3.40. The molecule has 0 spiro atoms. The maximum Gasteiger partial charge on any atom is 0.333 e. The van der Waals surface area contributed by atoms with E-state index in [9.17, 15) is 4.79 Å². The molecule has 0 saturated heterocycles. The topological polar surface area (TPSA) is 26.3 Å². The molecule has 1 aliphatic carbocycles. The number of carbonyl (C=O) groups excluding carboxylic acids is 1. The van der Waals surface area contributed by atoms with Crippen LogP contribution in [0.1, 0.15) is 41.5 Å². The number of methoxy groups -OCH3 is 1. The van der Waals surface area contributed by atoms with Crippen LogP contribution in [-0.2, 0) is 9.53 Å². The smallest absolute Gasteiger partial charge is 0.333 e. The van der Waals surface area contributed by atoms with Gasteiger partial charge in [-0.3, -0.25) is 0 Å². The van der Waals surface area contributed by atoms with E-state index in [2.05, 4.69) is 33.8 Å². The highest BCUT2D eigenvalue weighted by Gasteiger charge is 2.59. The summed E-state index contributed by atoms with van der Waals surface area (Å²) in [6, 6.07) is 0. The zero-order valence-electron chi connectivity index (χ0n) is 12.0. The molecule has 2 atom stereocenters. The maximum absolute atomic E-state index is 11.9. The summed E-state index contributed by atoms with van der Waals surface area (Å²) in [6.07, 6.45) is 2.27. The van der Waals surface area contributed by atoms with Crippen LogP contribution in [0.2, 0.25) is 0 Å². The van der Waals surface area contributed by atoms with Crippen molar-refractivity contribution in [1.82, 2.24) is 0 Å². The van der Waals surface area contributed by atoms with Crippen LogP contribution in [0, 0.1) is 17.3 Å². The molecule has 1 saturated carbocycles. The van der Waals surface area contributed by atoms with Crippen LogP contribution in [-0.4, -0.2) is 13.1 Å². The number of ether oxygens (including phenoxy) is 1. The van der Waals surface area contributed by atoms with Crippen molar-refractivity contribution < 1.29 is 9.53 Å². The van der Waals surface area contributed by atoms with Crippen LogP contribution < -0.4 is 0 Å². The Kier molecular flexibility index (Phi) is 3.85. The van der Waals surface area contributed by atoms with Crippen molar-refractivity contribution in [3.8, 4) is 0 Å². The van der Waals surface area contributed by atoms with Crippen molar-refractivity contribution in [3.63, 3.8) is 0 Å². The largest absolute Gasteiger partial charge is 0.466 e. The van der Waals surface area contributed by atoms with Crippen molar-refractivity contribution in [2.75, 3.05) is 7.11 Å². The van der Waals surface area contributed by atoms with Crippen LogP contribution in [0.4, 0.5) is 0 Å². The second kappa shape index (κ2) is 4.67. The third kappa shape index (κ3) is 2.62. The van der Waals surface area contributed by atoms with Crippen LogP contribution in [0.5, 0.6) is 0 Å². The Hall–Kier alpha value is -1.05. The van der Waals surface area contributed by atoms with Gasteiger partial charge in [-0.05, 0) is 39.0 Å².